The van der Waals surface area contributed by atoms with Crippen LogP contribution >= 0.6 is 0 Å². The van der Waals surface area contributed by atoms with Gasteiger partial charge in [0.25, 0.3) is 0 Å². The average molecular weight is 158 g/mol. The number of rotatable bonds is 5. The van der Waals surface area contributed by atoms with Gasteiger partial charge in [0.1, 0.15) is 0 Å². The van der Waals surface area contributed by atoms with Crippen molar-refractivity contribution in [3.8, 4) is 0 Å². The van der Waals surface area contributed by atoms with Gasteiger partial charge in [-0.05, 0) is 12.8 Å². The van der Waals surface area contributed by atoms with Gasteiger partial charge in [-0.2, -0.15) is 0 Å². The normalized spacial score (nSPS) is 12.6. The lowest BCUT2D eigenvalue weighted by molar-refractivity contribution is -0.120. The van der Waals surface area contributed by atoms with Gasteiger partial charge >= 0.3 is 0 Å². The van der Waals surface area contributed by atoms with Crippen LogP contribution in [0.3, 0.4) is 0 Å². The minimum absolute atomic E-state index is 0.105. The molecule has 3 N–H and O–H groups in total. The highest BCUT2D eigenvalue weighted by molar-refractivity contribution is 5.75. The van der Waals surface area contributed by atoms with Crippen LogP contribution in [0.4, 0.5) is 0 Å². The van der Waals surface area contributed by atoms with Crippen LogP contribution in [0, 0.1) is 0 Å². The first-order valence-corrected chi connectivity index (χ1v) is 4.23. The lowest BCUT2D eigenvalue weighted by Crippen LogP contribution is -2.29. The summed E-state index contributed by atoms with van der Waals surface area (Å²) in [7, 11) is 0. The third kappa shape index (κ3) is 5.85. The third-order valence-corrected chi connectivity index (χ3v) is 1.68. The molecule has 66 valence electrons. The number of carbonyl (C=O) groups excluding carboxylic acids is 1. The van der Waals surface area contributed by atoms with E-state index in [-0.39, 0.29) is 11.9 Å². The van der Waals surface area contributed by atoms with Crippen LogP contribution in [0.25, 0.3) is 0 Å². The Morgan fingerprint density at radius 2 is 2.18 bits per heavy atom. The van der Waals surface area contributed by atoms with Crippen LogP contribution in [0.5, 0.6) is 0 Å². The van der Waals surface area contributed by atoms with Crippen molar-refractivity contribution in [2.75, 3.05) is 6.54 Å². The summed E-state index contributed by atoms with van der Waals surface area (Å²) in [4.78, 5) is 10.7. The molecule has 0 aliphatic rings. The van der Waals surface area contributed by atoms with E-state index in [2.05, 4.69) is 5.32 Å². The monoisotopic (exact) mass is 158 g/mol. The van der Waals surface area contributed by atoms with Crippen LogP contribution in [0.15, 0.2) is 0 Å². The Labute approximate surface area is 68.3 Å². The van der Waals surface area contributed by atoms with Gasteiger partial charge in [0.05, 0.1) is 0 Å². The lowest BCUT2D eigenvalue weighted by Gasteiger charge is -2.08. The SMILES string of the molecule is CCC(=O)NCCC(N)CC. The van der Waals surface area contributed by atoms with Gasteiger partial charge in [-0.15, -0.1) is 0 Å². The number of amides is 1. The van der Waals surface area contributed by atoms with E-state index in [4.69, 9.17) is 5.73 Å². The molecule has 11 heavy (non-hydrogen) atoms. The van der Waals surface area contributed by atoms with Crippen molar-refractivity contribution in [2.24, 2.45) is 5.73 Å². The van der Waals surface area contributed by atoms with Crippen LogP contribution in [0.1, 0.15) is 33.1 Å². The van der Waals surface area contributed by atoms with Crippen molar-refractivity contribution >= 4 is 5.91 Å². The minimum Gasteiger partial charge on any atom is -0.356 e. The van der Waals surface area contributed by atoms with Crippen molar-refractivity contribution in [1.29, 1.82) is 0 Å². The summed E-state index contributed by atoms with van der Waals surface area (Å²) < 4.78 is 0. The van der Waals surface area contributed by atoms with E-state index < -0.39 is 0 Å². The molecule has 0 rings (SSSR count). The fraction of sp³-hybridized carbons (Fsp3) is 0.875. The summed E-state index contributed by atoms with van der Waals surface area (Å²) in [5.41, 5.74) is 5.65. The van der Waals surface area contributed by atoms with Gasteiger partial charge in [0.2, 0.25) is 5.91 Å². The van der Waals surface area contributed by atoms with E-state index in [1.807, 2.05) is 13.8 Å². The maximum atomic E-state index is 10.7. The second-order valence-corrected chi connectivity index (χ2v) is 2.66. The molecule has 0 aliphatic carbocycles. The molecule has 3 nitrogen and oxygen atoms in total. The zero-order valence-electron chi connectivity index (χ0n) is 7.39. The van der Waals surface area contributed by atoms with E-state index in [0.717, 1.165) is 12.8 Å². The number of hydrogen-bond acceptors (Lipinski definition) is 2. The molecule has 0 aromatic rings. The summed E-state index contributed by atoms with van der Waals surface area (Å²) in [5.74, 6) is 0.105. The molecule has 0 heterocycles. The molecule has 0 saturated carbocycles. The van der Waals surface area contributed by atoms with E-state index in [9.17, 15) is 4.79 Å². The van der Waals surface area contributed by atoms with Gasteiger partial charge < -0.3 is 11.1 Å². The number of nitrogens with two attached hydrogens (primary N) is 1. The molecule has 0 spiro atoms. The predicted octanol–water partition coefficient (Wildman–Crippen LogP) is 0.640. The second kappa shape index (κ2) is 6.16. The molecule has 1 atom stereocenters. The van der Waals surface area contributed by atoms with E-state index in [0.29, 0.717) is 13.0 Å². The van der Waals surface area contributed by atoms with Crippen LogP contribution in [-0.4, -0.2) is 18.5 Å². The highest BCUT2D eigenvalue weighted by Gasteiger charge is 1.99. The zero-order valence-corrected chi connectivity index (χ0v) is 7.39. The first-order chi connectivity index (χ1) is 5.20. The molecule has 3 heteroatoms. The first-order valence-electron chi connectivity index (χ1n) is 4.23. The van der Waals surface area contributed by atoms with Gasteiger partial charge in [-0.1, -0.05) is 13.8 Å². The summed E-state index contributed by atoms with van der Waals surface area (Å²) in [6, 6.07) is 0.229. The molecule has 1 unspecified atom stereocenters. The average Bonchev–Trinajstić information content (AvgIpc) is 2.04. The van der Waals surface area contributed by atoms with Crippen LogP contribution in [0.2, 0.25) is 0 Å². The summed E-state index contributed by atoms with van der Waals surface area (Å²) in [6.45, 7) is 4.60. The Morgan fingerprint density at radius 3 is 2.64 bits per heavy atom. The zero-order chi connectivity index (χ0) is 8.69. The Kier molecular flexibility index (Phi) is 5.84. The van der Waals surface area contributed by atoms with Crippen molar-refractivity contribution in [3.63, 3.8) is 0 Å². The molecule has 1 amide bonds. The Bertz CT molecular complexity index is 115. The summed E-state index contributed by atoms with van der Waals surface area (Å²) in [5, 5.41) is 2.78. The van der Waals surface area contributed by atoms with Crippen molar-refractivity contribution in [1.82, 2.24) is 5.32 Å². The molecular formula is C8H18N2O. The molecule has 0 radical (unpaired) electrons. The molecule has 0 aliphatic heterocycles. The van der Waals surface area contributed by atoms with Crippen LogP contribution in [-0.2, 0) is 4.79 Å². The lowest BCUT2D eigenvalue weighted by atomic mass is 10.2. The minimum atomic E-state index is 0.105. The first kappa shape index (κ1) is 10.4. The molecule has 0 aromatic heterocycles. The molecular weight excluding hydrogens is 140 g/mol. The Hall–Kier alpha value is -0.570. The largest absolute Gasteiger partial charge is 0.356 e. The maximum absolute atomic E-state index is 10.7. The highest BCUT2D eigenvalue weighted by Crippen LogP contribution is 1.90. The smallest absolute Gasteiger partial charge is 0.219 e. The van der Waals surface area contributed by atoms with Crippen molar-refractivity contribution in [2.45, 2.75) is 39.2 Å². The Morgan fingerprint density at radius 1 is 1.55 bits per heavy atom. The molecule has 0 aromatic carbocycles. The maximum Gasteiger partial charge on any atom is 0.219 e. The fourth-order valence-corrected chi connectivity index (χ4v) is 0.726. The van der Waals surface area contributed by atoms with E-state index in [1.54, 1.807) is 0 Å². The molecule has 0 fully saturated rings. The topological polar surface area (TPSA) is 55.1 Å². The van der Waals surface area contributed by atoms with E-state index >= 15 is 0 Å². The van der Waals surface area contributed by atoms with Gasteiger partial charge in [-0.3, -0.25) is 4.79 Å². The summed E-state index contributed by atoms with van der Waals surface area (Å²) >= 11 is 0. The molecule has 0 saturated heterocycles. The van der Waals surface area contributed by atoms with Gasteiger partial charge in [0, 0.05) is 19.0 Å². The second-order valence-electron chi connectivity index (χ2n) is 2.66. The van der Waals surface area contributed by atoms with Crippen LogP contribution < -0.4 is 11.1 Å². The van der Waals surface area contributed by atoms with Crippen molar-refractivity contribution < 1.29 is 4.79 Å². The summed E-state index contributed by atoms with van der Waals surface area (Å²) in [6.07, 6.45) is 2.41. The van der Waals surface area contributed by atoms with E-state index in [1.165, 1.54) is 0 Å². The standard InChI is InChI=1S/C8H18N2O/c1-3-7(9)5-6-10-8(11)4-2/h7H,3-6,9H2,1-2H3,(H,10,11). The third-order valence-electron chi connectivity index (χ3n) is 1.68. The quantitative estimate of drug-likeness (QED) is 0.617. The predicted molar refractivity (Wildman–Crippen MR) is 46.2 cm³/mol. The Balaban J connectivity index is 3.20. The number of carbonyl (C=O) groups is 1. The number of hydrogen-bond donors (Lipinski definition) is 2. The van der Waals surface area contributed by atoms with Crippen molar-refractivity contribution in [3.05, 3.63) is 0 Å². The fourth-order valence-electron chi connectivity index (χ4n) is 0.726. The van der Waals surface area contributed by atoms with Gasteiger partial charge in [0.15, 0.2) is 0 Å². The highest BCUT2D eigenvalue weighted by atomic mass is 16.1. The van der Waals surface area contributed by atoms with Gasteiger partial charge in [-0.25, -0.2) is 0 Å². The molecule has 0 bridgehead atoms. The number of nitrogens with one attached hydrogen (secondary N) is 1.